The van der Waals surface area contributed by atoms with Gasteiger partial charge < -0.3 is 19.8 Å². The Bertz CT molecular complexity index is 1450. The summed E-state index contributed by atoms with van der Waals surface area (Å²) < 4.78 is 55.9. The van der Waals surface area contributed by atoms with Gasteiger partial charge in [-0.1, -0.05) is 6.07 Å². The van der Waals surface area contributed by atoms with Crippen LogP contribution < -0.4 is 10.6 Å². The molecule has 1 amide bonds. The fourth-order valence-corrected chi connectivity index (χ4v) is 7.21. The van der Waals surface area contributed by atoms with Crippen molar-refractivity contribution in [2.24, 2.45) is 0 Å². The van der Waals surface area contributed by atoms with Gasteiger partial charge >= 0.3 is 6.18 Å². The Balaban J connectivity index is 1.71. The molecule has 0 saturated carbocycles. The Morgan fingerprint density at radius 1 is 1.10 bits per heavy atom. The third-order valence-electron chi connectivity index (χ3n) is 7.83. The lowest BCUT2D eigenvalue weighted by Gasteiger charge is -2.38. The van der Waals surface area contributed by atoms with E-state index in [9.17, 15) is 22.5 Å². The fraction of sp³-hybridized carbons (Fsp3) is 0.519. The number of aromatic nitrogens is 3. The fourth-order valence-electron chi connectivity index (χ4n) is 5.74. The number of hydrogen-bond acceptors (Lipinski definition) is 6. The van der Waals surface area contributed by atoms with Gasteiger partial charge in [-0.3, -0.25) is 9.69 Å². The van der Waals surface area contributed by atoms with E-state index in [2.05, 4.69) is 32.1 Å². The molecule has 3 aliphatic heterocycles. The van der Waals surface area contributed by atoms with Crippen molar-refractivity contribution < 1.29 is 22.5 Å². The maximum atomic E-state index is 14.1. The van der Waals surface area contributed by atoms with Gasteiger partial charge in [0.05, 0.1) is 16.8 Å². The second-order valence-corrected chi connectivity index (χ2v) is 14.2. The molecule has 3 aromatic rings. The average Bonchev–Trinajstić information content (AvgIpc) is 3.29. The van der Waals surface area contributed by atoms with Crippen LogP contribution in [0.25, 0.3) is 22.2 Å². The maximum Gasteiger partial charge on any atom is 0.419 e. The molecular formula is C27H34F3N6O2P. The van der Waals surface area contributed by atoms with Crippen LogP contribution in [-0.4, -0.2) is 82.8 Å². The Morgan fingerprint density at radius 3 is 2.56 bits per heavy atom. The van der Waals surface area contributed by atoms with Crippen molar-refractivity contribution in [3.05, 3.63) is 35.7 Å². The molecule has 8 nitrogen and oxygen atoms in total. The first-order valence-corrected chi connectivity index (χ1v) is 15.8. The number of alkyl halides is 3. The van der Waals surface area contributed by atoms with Gasteiger partial charge in [-0.2, -0.15) is 13.2 Å². The number of fused-ring (bicyclic) bond motifs is 6. The van der Waals surface area contributed by atoms with E-state index in [1.165, 1.54) is 6.20 Å². The topological polar surface area (TPSA) is 94.2 Å². The number of hydrogen-bond donors (Lipinski definition) is 2. The van der Waals surface area contributed by atoms with E-state index in [0.717, 1.165) is 45.0 Å². The highest BCUT2D eigenvalue weighted by Crippen LogP contribution is 2.43. The molecule has 0 aliphatic carbocycles. The molecule has 39 heavy (non-hydrogen) atoms. The van der Waals surface area contributed by atoms with Gasteiger partial charge in [-0.15, -0.1) is 0 Å². The molecule has 0 spiro atoms. The Kier molecular flexibility index (Phi) is 7.26. The molecule has 2 N–H and O–H groups in total. The molecule has 5 heterocycles. The highest BCUT2D eigenvalue weighted by molar-refractivity contribution is 7.70. The summed E-state index contributed by atoms with van der Waals surface area (Å²) in [5.74, 6) is -0.123. The van der Waals surface area contributed by atoms with Gasteiger partial charge in [0.25, 0.3) is 5.91 Å². The summed E-state index contributed by atoms with van der Waals surface area (Å²) in [5, 5.41) is 4.03. The van der Waals surface area contributed by atoms with Crippen LogP contribution >= 0.6 is 7.14 Å². The number of rotatable bonds is 1. The van der Waals surface area contributed by atoms with Crippen molar-refractivity contribution in [3.8, 4) is 11.3 Å². The van der Waals surface area contributed by atoms with Crippen molar-refractivity contribution in [1.29, 1.82) is 0 Å². The molecule has 2 aromatic heterocycles. The summed E-state index contributed by atoms with van der Waals surface area (Å²) in [5.41, 5.74) is -0.333. The monoisotopic (exact) mass is 562 g/mol. The number of halogens is 3. The van der Waals surface area contributed by atoms with Crippen LogP contribution in [0.1, 0.15) is 48.5 Å². The average molecular weight is 563 g/mol. The van der Waals surface area contributed by atoms with Gasteiger partial charge in [0.1, 0.15) is 12.7 Å². The highest BCUT2D eigenvalue weighted by atomic mass is 31.2. The molecule has 8 bridgehead atoms. The zero-order chi connectivity index (χ0) is 28.1. The third-order valence-corrected chi connectivity index (χ3v) is 9.37. The van der Waals surface area contributed by atoms with E-state index >= 15 is 0 Å². The first-order chi connectivity index (χ1) is 18.3. The predicted molar refractivity (Wildman–Crippen MR) is 147 cm³/mol. The number of benzene rings is 1. The van der Waals surface area contributed by atoms with Crippen molar-refractivity contribution in [2.45, 2.75) is 50.9 Å². The van der Waals surface area contributed by atoms with Crippen LogP contribution in [0.2, 0.25) is 0 Å². The van der Waals surface area contributed by atoms with Gasteiger partial charge in [-0.25, -0.2) is 9.97 Å². The van der Waals surface area contributed by atoms with Gasteiger partial charge in [0.15, 0.2) is 0 Å². The summed E-state index contributed by atoms with van der Waals surface area (Å²) >= 11 is 0. The number of carbonyl (C=O) groups is 1. The number of aromatic amines is 1. The lowest BCUT2D eigenvalue weighted by molar-refractivity contribution is -0.137. The normalized spacial score (nSPS) is 23.1. The molecule has 6 rings (SSSR count). The van der Waals surface area contributed by atoms with Crippen molar-refractivity contribution in [2.75, 3.05) is 45.3 Å². The summed E-state index contributed by atoms with van der Waals surface area (Å²) in [6.07, 6.45) is 1.10. The smallest absolute Gasteiger partial charge is 0.360 e. The van der Waals surface area contributed by atoms with Crippen LogP contribution in [0.15, 0.2) is 24.5 Å². The molecule has 1 saturated heterocycles. The van der Waals surface area contributed by atoms with Crippen LogP contribution in [0.3, 0.4) is 0 Å². The largest absolute Gasteiger partial charge is 0.419 e. The van der Waals surface area contributed by atoms with E-state index < -0.39 is 18.9 Å². The van der Waals surface area contributed by atoms with Crippen LogP contribution in [0.4, 0.5) is 19.1 Å². The minimum absolute atomic E-state index is 0.00267. The standard InChI is InChI=1S/C27H34F3N6O2P/c1-16-7-8-17-15-36(16)12-6-5-11-35(2)25(37)19-10-9-18-20(13-31-23(18)24(19)39(3,4)38)22-21(27(28,29)30)14-32-26(33-17)34-22/h9-10,13-14,16-17,31H,5-8,11-12,15H2,1-4H3,(H,32,33,34)/t16-,17+/m1/s1. The predicted octanol–water partition coefficient (Wildman–Crippen LogP) is 5.02. The quantitative estimate of drug-likeness (QED) is 0.405. The Labute approximate surface area is 225 Å². The van der Waals surface area contributed by atoms with Gasteiger partial charge in [0.2, 0.25) is 5.95 Å². The summed E-state index contributed by atoms with van der Waals surface area (Å²) in [6.45, 7) is 7.43. The zero-order valence-corrected chi connectivity index (χ0v) is 23.5. The van der Waals surface area contributed by atoms with E-state index in [1.807, 2.05) is 0 Å². The Hall–Kier alpha value is -2.91. The molecular weight excluding hydrogens is 528 g/mol. The van der Waals surface area contributed by atoms with Crippen molar-refractivity contribution in [3.63, 3.8) is 0 Å². The second kappa shape index (κ2) is 10.2. The third kappa shape index (κ3) is 5.43. The molecule has 1 aromatic carbocycles. The molecule has 3 atom stereocenters. The Morgan fingerprint density at radius 2 is 1.85 bits per heavy atom. The van der Waals surface area contributed by atoms with Crippen LogP contribution in [0.5, 0.6) is 0 Å². The van der Waals surface area contributed by atoms with E-state index in [4.69, 9.17) is 0 Å². The van der Waals surface area contributed by atoms with E-state index in [0.29, 0.717) is 34.4 Å². The summed E-state index contributed by atoms with van der Waals surface area (Å²) in [4.78, 5) is 29.0. The number of nitrogens with one attached hydrogen (secondary N) is 2. The number of H-pyrrole nitrogens is 1. The van der Waals surface area contributed by atoms with Crippen LogP contribution in [0, 0.1) is 0 Å². The minimum atomic E-state index is -4.68. The molecule has 1 unspecified atom stereocenters. The highest BCUT2D eigenvalue weighted by Gasteiger charge is 2.37. The number of nitrogens with zero attached hydrogens (tertiary/aromatic N) is 4. The van der Waals surface area contributed by atoms with Crippen LogP contribution in [-0.2, 0) is 10.7 Å². The number of amides is 1. The molecule has 12 heteroatoms. The number of anilines is 1. The van der Waals surface area contributed by atoms with E-state index in [-0.39, 0.29) is 29.2 Å². The molecule has 0 radical (unpaired) electrons. The lowest BCUT2D eigenvalue weighted by Crippen LogP contribution is -2.47. The minimum Gasteiger partial charge on any atom is -0.360 e. The van der Waals surface area contributed by atoms with Crippen molar-refractivity contribution >= 4 is 35.2 Å². The SMILES string of the molecule is C[C@@H]1CC[C@H]2CN1CCCCN(C)C(=O)c1ccc3c(c[nH]c3c1P(C)(C)=O)-c1nc(ncc1C(F)(F)F)N2. The zero-order valence-electron chi connectivity index (χ0n) is 22.6. The van der Waals surface area contributed by atoms with Gasteiger partial charge in [-0.05, 0) is 58.5 Å². The molecule has 3 aliphatic rings. The number of piperidine rings is 1. The first kappa shape index (κ1) is 27.6. The molecule has 210 valence electrons. The van der Waals surface area contributed by atoms with Gasteiger partial charge in [0, 0.05) is 60.9 Å². The summed E-state index contributed by atoms with van der Waals surface area (Å²) in [7, 11) is -1.30. The number of carbonyl (C=O) groups excluding carboxylic acids is 1. The first-order valence-electron chi connectivity index (χ1n) is 13.2. The van der Waals surface area contributed by atoms with Crippen molar-refractivity contribution in [1.82, 2.24) is 24.8 Å². The second-order valence-electron chi connectivity index (χ2n) is 11.1. The maximum absolute atomic E-state index is 14.1. The van der Waals surface area contributed by atoms with E-state index in [1.54, 1.807) is 37.4 Å². The summed E-state index contributed by atoms with van der Waals surface area (Å²) in [6, 6.07) is 3.56. The molecule has 1 fully saturated rings. The lowest BCUT2D eigenvalue weighted by atomic mass is 9.99.